The molecule has 1 atom stereocenters. The molecule has 0 bridgehead atoms. The van der Waals surface area contributed by atoms with Crippen molar-refractivity contribution in [2.45, 2.75) is 33.2 Å². The lowest BCUT2D eigenvalue weighted by molar-refractivity contribution is 0.297. The summed E-state index contributed by atoms with van der Waals surface area (Å²) < 4.78 is 11.4. The summed E-state index contributed by atoms with van der Waals surface area (Å²) in [7, 11) is 0. The standard InChI is InChI=1S/C19H21N3O3S/c1-10-12(3)26-19-16(10)18(23)21-17(22-19)11(2)20-13-5-6-14-15(9-13)25-8-4-7-24-14/h5-6,9,11,20H,4,7-8H2,1-3H3,(H,21,22,23)/t11-/m0/s1. The maximum Gasteiger partial charge on any atom is 0.259 e. The Balaban J connectivity index is 1.62. The number of fused-ring (bicyclic) bond motifs is 2. The first-order valence-corrected chi connectivity index (χ1v) is 9.50. The van der Waals surface area contributed by atoms with Crippen molar-refractivity contribution in [2.24, 2.45) is 0 Å². The van der Waals surface area contributed by atoms with Crippen molar-refractivity contribution in [3.63, 3.8) is 0 Å². The van der Waals surface area contributed by atoms with Crippen LogP contribution in [0, 0.1) is 13.8 Å². The predicted molar refractivity (Wildman–Crippen MR) is 104 cm³/mol. The van der Waals surface area contributed by atoms with Gasteiger partial charge >= 0.3 is 0 Å². The number of thiophene rings is 1. The molecule has 0 amide bonds. The second-order valence-electron chi connectivity index (χ2n) is 6.49. The highest BCUT2D eigenvalue weighted by molar-refractivity contribution is 7.18. The molecule has 0 radical (unpaired) electrons. The molecule has 3 heterocycles. The number of nitrogens with one attached hydrogen (secondary N) is 2. The fourth-order valence-electron chi connectivity index (χ4n) is 3.05. The lowest BCUT2D eigenvalue weighted by Gasteiger charge is -2.16. The summed E-state index contributed by atoms with van der Waals surface area (Å²) in [5.41, 5.74) is 1.82. The zero-order valence-corrected chi connectivity index (χ0v) is 15.8. The lowest BCUT2D eigenvalue weighted by Crippen LogP contribution is -2.17. The molecule has 0 spiro atoms. The van der Waals surface area contributed by atoms with E-state index in [0.717, 1.165) is 38.9 Å². The maximum atomic E-state index is 12.5. The lowest BCUT2D eigenvalue weighted by atomic mass is 10.2. The summed E-state index contributed by atoms with van der Waals surface area (Å²) in [6.45, 7) is 7.26. The van der Waals surface area contributed by atoms with Crippen molar-refractivity contribution >= 4 is 27.2 Å². The van der Waals surface area contributed by atoms with Crippen LogP contribution in [0.5, 0.6) is 11.5 Å². The Labute approximate surface area is 155 Å². The number of rotatable bonds is 3. The quantitative estimate of drug-likeness (QED) is 0.729. The van der Waals surface area contributed by atoms with Crippen LogP contribution in [0.3, 0.4) is 0 Å². The third kappa shape index (κ3) is 3.03. The van der Waals surface area contributed by atoms with Crippen molar-refractivity contribution < 1.29 is 9.47 Å². The third-order valence-electron chi connectivity index (χ3n) is 4.60. The van der Waals surface area contributed by atoms with Gasteiger partial charge in [0.25, 0.3) is 5.56 Å². The summed E-state index contributed by atoms with van der Waals surface area (Å²) in [6, 6.07) is 5.62. The van der Waals surface area contributed by atoms with Crippen LogP contribution in [0.25, 0.3) is 10.2 Å². The van der Waals surface area contributed by atoms with Crippen LogP contribution in [0.15, 0.2) is 23.0 Å². The maximum absolute atomic E-state index is 12.5. The second kappa shape index (κ2) is 6.64. The van der Waals surface area contributed by atoms with Gasteiger partial charge in [-0.1, -0.05) is 0 Å². The molecule has 0 aliphatic carbocycles. The molecular weight excluding hydrogens is 350 g/mol. The molecule has 2 N–H and O–H groups in total. The average Bonchev–Trinajstić information content (AvgIpc) is 2.78. The van der Waals surface area contributed by atoms with Crippen LogP contribution in [0.4, 0.5) is 5.69 Å². The molecule has 4 rings (SSSR count). The molecule has 136 valence electrons. The first-order valence-electron chi connectivity index (χ1n) is 8.69. The molecule has 0 saturated heterocycles. The highest BCUT2D eigenvalue weighted by Gasteiger charge is 2.16. The van der Waals surface area contributed by atoms with Crippen molar-refractivity contribution in [3.8, 4) is 11.5 Å². The molecule has 3 aromatic rings. The highest BCUT2D eigenvalue weighted by atomic mass is 32.1. The predicted octanol–water partition coefficient (Wildman–Crippen LogP) is 3.94. The Morgan fingerprint density at radius 1 is 1.23 bits per heavy atom. The minimum atomic E-state index is -0.153. The Hall–Kier alpha value is -2.54. The Kier molecular flexibility index (Phi) is 4.32. The normalized spacial score (nSPS) is 14.9. The monoisotopic (exact) mass is 371 g/mol. The summed E-state index contributed by atoms with van der Waals surface area (Å²) in [6.07, 6.45) is 0.874. The van der Waals surface area contributed by atoms with E-state index in [1.165, 1.54) is 0 Å². The van der Waals surface area contributed by atoms with E-state index in [4.69, 9.17) is 9.47 Å². The zero-order valence-electron chi connectivity index (χ0n) is 15.0. The third-order valence-corrected chi connectivity index (χ3v) is 5.70. The number of nitrogens with zero attached hydrogens (tertiary/aromatic N) is 1. The SMILES string of the molecule is Cc1sc2nc([C@H](C)Nc3ccc4c(c3)OCCCO4)[nH]c(=O)c2c1C. The van der Waals surface area contributed by atoms with E-state index >= 15 is 0 Å². The number of ether oxygens (including phenoxy) is 2. The summed E-state index contributed by atoms with van der Waals surface area (Å²) in [4.78, 5) is 22.0. The molecule has 0 unspecified atom stereocenters. The summed E-state index contributed by atoms with van der Waals surface area (Å²) in [5, 5.41) is 4.07. The van der Waals surface area contributed by atoms with Crippen LogP contribution in [-0.4, -0.2) is 23.2 Å². The molecule has 0 saturated carbocycles. The molecule has 0 fully saturated rings. The van der Waals surface area contributed by atoms with Gasteiger partial charge in [0.15, 0.2) is 11.5 Å². The summed E-state index contributed by atoms with van der Waals surface area (Å²) >= 11 is 1.56. The first-order chi connectivity index (χ1) is 12.5. The van der Waals surface area contributed by atoms with Gasteiger partial charge in [-0.25, -0.2) is 4.98 Å². The van der Waals surface area contributed by atoms with Crippen LogP contribution in [-0.2, 0) is 0 Å². The van der Waals surface area contributed by atoms with Gasteiger partial charge in [-0.15, -0.1) is 11.3 Å². The number of H-pyrrole nitrogens is 1. The summed E-state index contributed by atoms with van der Waals surface area (Å²) in [5.74, 6) is 2.12. The molecule has 2 aromatic heterocycles. The fraction of sp³-hybridized carbons (Fsp3) is 0.368. The number of aromatic amines is 1. The molecule has 1 aliphatic rings. The fourth-order valence-corrected chi connectivity index (χ4v) is 4.08. The number of aryl methyl sites for hydroxylation is 2. The van der Waals surface area contributed by atoms with Crippen molar-refractivity contribution in [2.75, 3.05) is 18.5 Å². The van der Waals surface area contributed by atoms with Crippen LogP contribution in [0.2, 0.25) is 0 Å². The van der Waals surface area contributed by atoms with Gasteiger partial charge in [0, 0.05) is 23.1 Å². The molecule has 1 aromatic carbocycles. The van der Waals surface area contributed by atoms with E-state index in [-0.39, 0.29) is 11.6 Å². The Morgan fingerprint density at radius 3 is 2.81 bits per heavy atom. The molecule has 6 nitrogen and oxygen atoms in total. The first kappa shape index (κ1) is 16.9. The highest BCUT2D eigenvalue weighted by Crippen LogP contribution is 2.33. The van der Waals surface area contributed by atoms with Gasteiger partial charge in [0.05, 0.1) is 24.6 Å². The van der Waals surface area contributed by atoms with Crippen LogP contribution in [0.1, 0.15) is 35.7 Å². The van der Waals surface area contributed by atoms with E-state index in [2.05, 4.69) is 15.3 Å². The smallest absolute Gasteiger partial charge is 0.259 e. The molecule has 26 heavy (non-hydrogen) atoms. The molecular formula is C19H21N3O3S. The van der Waals surface area contributed by atoms with Crippen molar-refractivity contribution in [1.29, 1.82) is 0 Å². The van der Waals surface area contributed by atoms with Gasteiger partial charge in [-0.2, -0.15) is 0 Å². The van der Waals surface area contributed by atoms with Crippen molar-refractivity contribution in [1.82, 2.24) is 9.97 Å². The average molecular weight is 371 g/mol. The van der Waals surface area contributed by atoms with Crippen LogP contribution < -0.4 is 20.3 Å². The molecule has 7 heteroatoms. The van der Waals surface area contributed by atoms with Gasteiger partial charge in [-0.05, 0) is 38.5 Å². The number of benzene rings is 1. The number of hydrogen-bond acceptors (Lipinski definition) is 6. The minimum Gasteiger partial charge on any atom is -0.490 e. The number of anilines is 1. The van der Waals surface area contributed by atoms with E-state index in [0.29, 0.717) is 24.4 Å². The van der Waals surface area contributed by atoms with Gasteiger partial charge in [0.1, 0.15) is 10.7 Å². The van der Waals surface area contributed by atoms with E-state index in [1.807, 2.05) is 39.0 Å². The Bertz CT molecular complexity index is 1020. The number of aromatic nitrogens is 2. The van der Waals surface area contributed by atoms with E-state index < -0.39 is 0 Å². The number of hydrogen-bond donors (Lipinski definition) is 2. The minimum absolute atomic E-state index is 0.0841. The second-order valence-corrected chi connectivity index (χ2v) is 7.70. The van der Waals surface area contributed by atoms with Gasteiger partial charge < -0.3 is 19.8 Å². The van der Waals surface area contributed by atoms with Crippen LogP contribution >= 0.6 is 11.3 Å². The largest absolute Gasteiger partial charge is 0.490 e. The zero-order chi connectivity index (χ0) is 18.3. The molecule has 1 aliphatic heterocycles. The van der Waals surface area contributed by atoms with Crippen molar-refractivity contribution in [3.05, 3.63) is 44.8 Å². The Morgan fingerprint density at radius 2 is 2.00 bits per heavy atom. The van der Waals surface area contributed by atoms with E-state index in [9.17, 15) is 4.79 Å². The van der Waals surface area contributed by atoms with Gasteiger partial charge in [0.2, 0.25) is 0 Å². The van der Waals surface area contributed by atoms with E-state index in [1.54, 1.807) is 11.3 Å². The van der Waals surface area contributed by atoms with Gasteiger partial charge in [-0.3, -0.25) is 4.79 Å². The topological polar surface area (TPSA) is 76.2 Å².